The van der Waals surface area contributed by atoms with Crippen molar-refractivity contribution in [3.63, 3.8) is 0 Å². The van der Waals surface area contributed by atoms with Crippen LogP contribution in [-0.4, -0.2) is 25.1 Å². The summed E-state index contributed by atoms with van der Waals surface area (Å²) in [6.45, 7) is 4.63. The molecule has 2 fully saturated rings. The van der Waals surface area contributed by atoms with Gasteiger partial charge in [-0.15, -0.1) is 0 Å². The van der Waals surface area contributed by atoms with Crippen LogP contribution in [0.1, 0.15) is 44.2 Å². The second kappa shape index (κ2) is 5.49. The van der Waals surface area contributed by atoms with Crippen molar-refractivity contribution in [2.24, 2.45) is 11.8 Å². The smallest absolute Gasteiger partial charge is 0.133 e. The summed E-state index contributed by atoms with van der Waals surface area (Å²) in [6, 6.07) is 4.64. The standard InChI is InChI=1S/C16H25N3/c1-12(17-2)15-4-3-9-18-16(15)19(10-13-5-6-13)11-14-7-8-14/h3-4,9,12-14,17H,5-8,10-11H2,1-2H3. The summed E-state index contributed by atoms with van der Waals surface area (Å²) < 4.78 is 0. The molecule has 3 heteroatoms. The second-order valence-corrected chi connectivity index (χ2v) is 6.22. The zero-order chi connectivity index (χ0) is 13.2. The van der Waals surface area contributed by atoms with E-state index in [0.717, 1.165) is 11.8 Å². The fraction of sp³-hybridized carbons (Fsp3) is 0.688. The Kier molecular flexibility index (Phi) is 3.74. The van der Waals surface area contributed by atoms with Gasteiger partial charge >= 0.3 is 0 Å². The van der Waals surface area contributed by atoms with Crippen molar-refractivity contribution >= 4 is 5.82 Å². The van der Waals surface area contributed by atoms with E-state index in [9.17, 15) is 0 Å². The Morgan fingerprint density at radius 2 is 1.89 bits per heavy atom. The molecule has 19 heavy (non-hydrogen) atoms. The summed E-state index contributed by atoms with van der Waals surface area (Å²) in [5.41, 5.74) is 1.34. The van der Waals surface area contributed by atoms with E-state index in [0.29, 0.717) is 6.04 Å². The first-order valence-corrected chi connectivity index (χ1v) is 7.65. The molecule has 1 aromatic rings. The fourth-order valence-corrected chi connectivity index (χ4v) is 2.64. The monoisotopic (exact) mass is 259 g/mol. The van der Waals surface area contributed by atoms with Crippen LogP contribution in [0.3, 0.4) is 0 Å². The van der Waals surface area contributed by atoms with Crippen LogP contribution in [0.5, 0.6) is 0 Å². The number of anilines is 1. The number of nitrogens with zero attached hydrogens (tertiary/aromatic N) is 2. The highest BCUT2D eigenvalue weighted by atomic mass is 15.2. The first kappa shape index (κ1) is 12.9. The molecule has 0 spiro atoms. The van der Waals surface area contributed by atoms with E-state index >= 15 is 0 Å². The summed E-state index contributed by atoms with van der Waals surface area (Å²) in [5, 5.41) is 3.35. The maximum atomic E-state index is 4.70. The zero-order valence-corrected chi connectivity index (χ0v) is 12.1. The minimum Gasteiger partial charge on any atom is -0.356 e. The summed E-state index contributed by atoms with van der Waals surface area (Å²) >= 11 is 0. The van der Waals surface area contributed by atoms with Crippen LogP contribution in [-0.2, 0) is 0 Å². The van der Waals surface area contributed by atoms with Gasteiger partial charge in [0.1, 0.15) is 5.82 Å². The molecule has 1 unspecified atom stereocenters. The number of rotatable bonds is 7. The topological polar surface area (TPSA) is 28.2 Å². The summed E-state index contributed by atoms with van der Waals surface area (Å²) in [7, 11) is 2.02. The molecule has 0 amide bonds. The highest BCUT2D eigenvalue weighted by Crippen LogP contribution is 2.36. The predicted octanol–water partition coefficient (Wildman–Crippen LogP) is 2.99. The maximum absolute atomic E-state index is 4.70. The lowest BCUT2D eigenvalue weighted by Crippen LogP contribution is -2.31. The van der Waals surface area contributed by atoms with Crippen LogP contribution in [0.2, 0.25) is 0 Å². The van der Waals surface area contributed by atoms with Crippen LogP contribution in [0.4, 0.5) is 5.82 Å². The van der Waals surface area contributed by atoms with E-state index in [-0.39, 0.29) is 0 Å². The lowest BCUT2D eigenvalue weighted by molar-refractivity contribution is 0.626. The molecule has 2 aliphatic rings. The third-order valence-electron chi connectivity index (χ3n) is 4.37. The van der Waals surface area contributed by atoms with E-state index < -0.39 is 0 Å². The minimum absolute atomic E-state index is 0.365. The van der Waals surface area contributed by atoms with Gasteiger partial charge in [-0.3, -0.25) is 0 Å². The molecular weight excluding hydrogens is 234 g/mol. The van der Waals surface area contributed by atoms with Crippen molar-refractivity contribution in [3.8, 4) is 0 Å². The molecule has 2 saturated carbocycles. The largest absolute Gasteiger partial charge is 0.356 e. The highest BCUT2D eigenvalue weighted by Gasteiger charge is 2.31. The quantitative estimate of drug-likeness (QED) is 0.816. The van der Waals surface area contributed by atoms with Crippen molar-refractivity contribution in [3.05, 3.63) is 23.9 Å². The predicted molar refractivity (Wildman–Crippen MR) is 79.4 cm³/mol. The zero-order valence-electron chi connectivity index (χ0n) is 12.1. The Bertz CT molecular complexity index is 410. The average Bonchev–Trinajstić information content (AvgIpc) is 3.32. The number of nitrogens with one attached hydrogen (secondary N) is 1. The number of hydrogen-bond donors (Lipinski definition) is 1. The van der Waals surface area contributed by atoms with E-state index in [2.05, 4.69) is 29.3 Å². The lowest BCUT2D eigenvalue weighted by atomic mass is 10.1. The van der Waals surface area contributed by atoms with Gasteiger partial charge in [0, 0.05) is 30.9 Å². The molecule has 1 aromatic heterocycles. The Labute approximate surface area is 116 Å². The second-order valence-electron chi connectivity index (χ2n) is 6.22. The molecule has 1 N–H and O–H groups in total. The SMILES string of the molecule is CNC(C)c1cccnc1N(CC1CC1)CC1CC1. The van der Waals surface area contributed by atoms with Crippen LogP contribution in [0.15, 0.2) is 18.3 Å². The number of aromatic nitrogens is 1. The fourth-order valence-electron chi connectivity index (χ4n) is 2.64. The summed E-state index contributed by atoms with van der Waals surface area (Å²) in [4.78, 5) is 7.25. The molecule has 0 aliphatic heterocycles. The van der Waals surface area contributed by atoms with Gasteiger partial charge in [-0.05, 0) is 57.6 Å². The minimum atomic E-state index is 0.365. The lowest BCUT2D eigenvalue weighted by Gasteiger charge is -2.27. The van der Waals surface area contributed by atoms with Crippen LogP contribution in [0.25, 0.3) is 0 Å². The summed E-state index contributed by atoms with van der Waals surface area (Å²) in [6.07, 6.45) is 7.57. The Morgan fingerprint density at radius 3 is 2.42 bits per heavy atom. The van der Waals surface area contributed by atoms with Gasteiger partial charge in [0.25, 0.3) is 0 Å². The Hall–Kier alpha value is -1.09. The van der Waals surface area contributed by atoms with Gasteiger partial charge in [0.05, 0.1) is 0 Å². The van der Waals surface area contributed by atoms with Gasteiger partial charge in [0.15, 0.2) is 0 Å². The van der Waals surface area contributed by atoms with Gasteiger partial charge in [-0.25, -0.2) is 4.98 Å². The van der Waals surface area contributed by atoms with Crippen molar-refractivity contribution in [1.29, 1.82) is 0 Å². The van der Waals surface area contributed by atoms with Gasteiger partial charge in [-0.2, -0.15) is 0 Å². The number of pyridine rings is 1. The van der Waals surface area contributed by atoms with Gasteiger partial charge < -0.3 is 10.2 Å². The molecule has 0 radical (unpaired) electrons. The third-order valence-corrected chi connectivity index (χ3v) is 4.37. The van der Waals surface area contributed by atoms with E-state index in [1.54, 1.807) is 0 Å². The van der Waals surface area contributed by atoms with E-state index in [1.165, 1.54) is 50.2 Å². The molecule has 2 aliphatic carbocycles. The Morgan fingerprint density at radius 1 is 1.26 bits per heavy atom. The van der Waals surface area contributed by atoms with E-state index in [1.807, 2.05) is 13.2 Å². The van der Waals surface area contributed by atoms with Gasteiger partial charge in [-0.1, -0.05) is 6.07 Å². The van der Waals surface area contributed by atoms with Crippen molar-refractivity contribution < 1.29 is 0 Å². The highest BCUT2D eigenvalue weighted by molar-refractivity contribution is 5.48. The Balaban J connectivity index is 1.82. The molecule has 3 nitrogen and oxygen atoms in total. The van der Waals surface area contributed by atoms with Crippen LogP contribution >= 0.6 is 0 Å². The van der Waals surface area contributed by atoms with E-state index in [4.69, 9.17) is 4.98 Å². The average molecular weight is 259 g/mol. The molecule has 0 bridgehead atoms. The maximum Gasteiger partial charge on any atom is 0.133 e. The molecule has 1 atom stereocenters. The van der Waals surface area contributed by atoms with Gasteiger partial charge in [0.2, 0.25) is 0 Å². The first-order valence-electron chi connectivity index (χ1n) is 7.65. The molecule has 1 heterocycles. The van der Waals surface area contributed by atoms with Crippen molar-refractivity contribution in [1.82, 2.24) is 10.3 Å². The van der Waals surface area contributed by atoms with Crippen LogP contribution < -0.4 is 10.2 Å². The normalized spacial score (nSPS) is 20.3. The van der Waals surface area contributed by atoms with Crippen molar-refractivity contribution in [2.75, 3.05) is 25.0 Å². The third kappa shape index (κ3) is 3.27. The summed E-state index contributed by atoms with van der Waals surface area (Å²) in [5.74, 6) is 3.04. The van der Waals surface area contributed by atoms with Crippen molar-refractivity contribution in [2.45, 2.75) is 38.6 Å². The molecule has 0 aromatic carbocycles. The molecule has 3 rings (SSSR count). The molecule has 104 valence electrons. The van der Waals surface area contributed by atoms with Crippen LogP contribution in [0, 0.1) is 11.8 Å². The number of hydrogen-bond acceptors (Lipinski definition) is 3. The first-order chi connectivity index (χ1) is 9.28. The molecular formula is C16H25N3. The molecule has 0 saturated heterocycles.